The molecule has 1 N–H and O–H groups in total. The highest BCUT2D eigenvalue weighted by Crippen LogP contribution is 2.18. The average molecular weight is 248 g/mol. The monoisotopic (exact) mass is 247 g/mol. The van der Waals surface area contributed by atoms with Gasteiger partial charge < -0.3 is 10.1 Å². The molecule has 0 aliphatic carbocycles. The normalized spacial score (nSPS) is 10.1. The zero-order valence-electron chi connectivity index (χ0n) is 7.31. The van der Waals surface area contributed by atoms with Gasteiger partial charge in [0.2, 0.25) is 0 Å². The lowest BCUT2D eigenvalue weighted by atomic mass is 10.3. The molecule has 0 spiro atoms. The fraction of sp³-hybridized carbons (Fsp3) is 0.333. The van der Waals surface area contributed by atoms with Gasteiger partial charge in [0, 0.05) is 18.1 Å². The molecule has 0 saturated carbocycles. The molecule has 72 valence electrons. The summed E-state index contributed by atoms with van der Waals surface area (Å²) < 4.78 is 18.7. The van der Waals surface area contributed by atoms with Crippen LogP contribution in [0.1, 0.15) is 0 Å². The predicted octanol–water partition coefficient (Wildman–Crippen LogP) is 2.65. The van der Waals surface area contributed by atoms with E-state index in [-0.39, 0.29) is 5.82 Å². The SMILES string of the molecule is COCCNc1ccc(Br)cc1F. The van der Waals surface area contributed by atoms with E-state index in [4.69, 9.17) is 4.74 Å². The molecule has 0 aliphatic heterocycles. The van der Waals surface area contributed by atoms with Crippen LogP contribution in [-0.2, 0) is 4.74 Å². The largest absolute Gasteiger partial charge is 0.383 e. The van der Waals surface area contributed by atoms with E-state index < -0.39 is 0 Å². The van der Waals surface area contributed by atoms with Crippen LogP contribution in [0.15, 0.2) is 22.7 Å². The van der Waals surface area contributed by atoms with Gasteiger partial charge in [-0.3, -0.25) is 0 Å². The molecule has 1 rings (SSSR count). The minimum absolute atomic E-state index is 0.259. The predicted molar refractivity (Wildman–Crippen MR) is 54.5 cm³/mol. The first-order valence-electron chi connectivity index (χ1n) is 3.92. The summed E-state index contributed by atoms with van der Waals surface area (Å²) in [6.07, 6.45) is 0. The molecule has 13 heavy (non-hydrogen) atoms. The fourth-order valence-electron chi connectivity index (χ4n) is 0.921. The third-order valence-corrected chi connectivity index (χ3v) is 2.05. The summed E-state index contributed by atoms with van der Waals surface area (Å²) in [5.74, 6) is -0.259. The number of hydrogen-bond donors (Lipinski definition) is 1. The summed E-state index contributed by atoms with van der Waals surface area (Å²) in [6.45, 7) is 1.17. The molecule has 0 heterocycles. The van der Waals surface area contributed by atoms with E-state index in [0.29, 0.717) is 18.8 Å². The van der Waals surface area contributed by atoms with Gasteiger partial charge in [0.05, 0.1) is 12.3 Å². The molecule has 1 aromatic rings. The lowest BCUT2D eigenvalue weighted by Crippen LogP contribution is -2.08. The van der Waals surface area contributed by atoms with Gasteiger partial charge in [-0.05, 0) is 18.2 Å². The summed E-state index contributed by atoms with van der Waals surface area (Å²) in [5, 5.41) is 2.92. The van der Waals surface area contributed by atoms with Crippen LogP contribution >= 0.6 is 15.9 Å². The molecular weight excluding hydrogens is 237 g/mol. The number of ether oxygens (including phenoxy) is 1. The number of methoxy groups -OCH3 is 1. The fourth-order valence-corrected chi connectivity index (χ4v) is 1.25. The van der Waals surface area contributed by atoms with Gasteiger partial charge in [-0.15, -0.1) is 0 Å². The summed E-state index contributed by atoms with van der Waals surface area (Å²) in [4.78, 5) is 0. The van der Waals surface area contributed by atoms with Crippen LogP contribution in [0, 0.1) is 5.82 Å². The average Bonchev–Trinajstić information content (AvgIpc) is 2.09. The van der Waals surface area contributed by atoms with Crippen molar-refractivity contribution >= 4 is 21.6 Å². The Morgan fingerprint density at radius 2 is 2.31 bits per heavy atom. The van der Waals surface area contributed by atoms with Crippen LogP contribution in [0.2, 0.25) is 0 Å². The molecule has 0 aliphatic rings. The lowest BCUT2D eigenvalue weighted by molar-refractivity contribution is 0.210. The Bertz CT molecular complexity index is 280. The van der Waals surface area contributed by atoms with Gasteiger partial charge in [-0.25, -0.2) is 4.39 Å². The second-order valence-corrected chi connectivity index (χ2v) is 3.46. The Morgan fingerprint density at radius 3 is 2.92 bits per heavy atom. The zero-order valence-corrected chi connectivity index (χ0v) is 8.90. The van der Waals surface area contributed by atoms with E-state index in [1.54, 1.807) is 19.2 Å². The topological polar surface area (TPSA) is 21.3 Å². The number of hydrogen-bond acceptors (Lipinski definition) is 2. The number of nitrogens with one attached hydrogen (secondary N) is 1. The third kappa shape index (κ3) is 3.32. The standard InChI is InChI=1S/C9H11BrFNO/c1-13-5-4-12-9-3-2-7(10)6-8(9)11/h2-3,6,12H,4-5H2,1H3. The number of anilines is 1. The summed E-state index contributed by atoms with van der Waals surface area (Å²) in [6, 6.07) is 4.91. The van der Waals surface area contributed by atoms with Gasteiger partial charge in [-0.1, -0.05) is 15.9 Å². The first-order chi connectivity index (χ1) is 6.24. The van der Waals surface area contributed by atoms with Crippen molar-refractivity contribution in [2.45, 2.75) is 0 Å². The second-order valence-electron chi connectivity index (χ2n) is 2.54. The zero-order chi connectivity index (χ0) is 9.68. The van der Waals surface area contributed by atoms with Gasteiger partial charge in [0.15, 0.2) is 0 Å². The first-order valence-corrected chi connectivity index (χ1v) is 4.71. The van der Waals surface area contributed by atoms with Crippen LogP contribution < -0.4 is 5.32 Å². The van der Waals surface area contributed by atoms with Crippen molar-refractivity contribution in [1.29, 1.82) is 0 Å². The van der Waals surface area contributed by atoms with E-state index >= 15 is 0 Å². The molecular formula is C9H11BrFNO. The minimum Gasteiger partial charge on any atom is -0.383 e. The molecule has 0 saturated heterocycles. The summed E-state index contributed by atoms with van der Waals surface area (Å²) in [7, 11) is 1.61. The van der Waals surface area contributed by atoms with E-state index in [9.17, 15) is 4.39 Å². The molecule has 0 atom stereocenters. The number of halogens is 2. The Labute approximate surface area is 85.2 Å². The van der Waals surface area contributed by atoms with Crippen LogP contribution in [0.5, 0.6) is 0 Å². The molecule has 0 amide bonds. The Morgan fingerprint density at radius 1 is 1.54 bits per heavy atom. The van der Waals surface area contributed by atoms with Gasteiger partial charge in [-0.2, -0.15) is 0 Å². The van der Waals surface area contributed by atoms with Gasteiger partial charge in [0.1, 0.15) is 5.82 Å². The lowest BCUT2D eigenvalue weighted by Gasteiger charge is -2.06. The quantitative estimate of drug-likeness (QED) is 0.827. The first kappa shape index (κ1) is 10.5. The number of benzene rings is 1. The highest BCUT2D eigenvalue weighted by molar-refractivity contribution is 9.10. The highest BCUT2D eigenvalue weighted by atomic mass is 79.9. The van der Waals surface area contributed by atoms with Crippen molar-refractivity contribution in [3.63, 3.8) is 0 Å². The Kier molecular flexibility index (Phi) is 4.18. The minimum atomic E-state index is -0.259. The Hall–Kier alpha value is -0.610. The molecule has 0 unspecified atom stereocenters. The smallest absolute Gasteiger partial charge is 0.147 e. The van der Waals surface area contributed by atoms with Crippen LogP contribution in [0.3, 0.4) is 0 Å². The molecule has 2 nitrogen and oxygen atoms in total. The van der Waals surface area contributed by atoms with Crippen LogP contribution in [0.25, 0.3) is 0 Å². The molecule has 0 radical (unpaired) electrons. The van der Waals surface area contributed by atoms with Crippen molar-refractivity contribution in [1.82, 2.24) is 0 Å². The third-order valence-electron chi connectivity index (χ3n) is 1.55. The van der Waals surface area contributed by atoms with Gasteiger partial charge in [0.25, 0.3) is 0 Å². The van der Waals surface area contributed by atoms with E-state index in [0.717, 1.165) is 4.47 Å². The summed E-state index contributed by atoms with van der Waals surface area (Å²) >= 11 is 3.19. The molecule has 4 heteroatoms. The maximum atomic E-state index is 13.1. The molecule has 0 aromatic heterocycles. The van der Waals surface area contributed by atoms with Crippen molar-refractivity contribution in [3.8, 4) is 0 Å². The van der Waals surface area contributed by atoms with Gasteiger partial charge >= 0.3 is 0 Å². The number of rotatable bonds is 4. The van der Waals surface area contributed by atoms with Crippen molar-refractivity contribution in [3.05, 3.63) is 28.5 Å². The van der Waals surface area contributed by atoms with Crippen molar-refractivity contribution in [2.75, 3.05) is 25.6 Å². The molecule has 1 aromatic carbocycles. The Balaban J connectivity index is 2.56. The highest BCUT2D eigenvalue weighted by Gasteiger charge is 2.00. The van der Waals surface area contributed by atoms with Crippen LogP contribution in [0.4, 0.5) is 10.1 Å². The van der Waals surface area contributed by atoms with Crippen LogP contribution in [-0.4, -0.2) is 20.3 Å². The van der Waals surface area contributed by atoms with E-state index in [1.165, 1.54) is 6.07 Å². The molecule has 0 fully saturated rings. The maximum absolute atomic E-state index is 13.1. The van der Waals surface area contributed by atoms with E-state index in [2.05, 4.69) is 21.2 Å². The second kappa shape index (κ2) is 5.19. The molecule has 0 bridgehead atoms. The van der Waals surface area contributed by atoms with E-state index in [1.807, 2.05) is 0 Å². The summed E-state index contributed by atoms with van der Waals surface area (Å²) in [5.41, 5.74) is 0.500. The maximum Gasteiger partial charge on any atom is 0.147 e. The van der Waals surface area contributed by atoms with Crippen molar-refractivity contribution < 1.29 is 9.13 Å². The van der Waals surface area contributed by atoms with Crippen molar-refractivity contribution in [2.24, 2.45) is 0 Å².